The van der Waals surface area contributed by atoms with Gasteiger partial charge < -0.3 is 25.0 Å². The highest BCUT2D eigenvalue weighted by Gasteiger charge is 2.13. The molecule has 1 atom stereocenters. The molecule has 0 amide bonds. The number of rotatable bonds is 13. The van der Waals surface area contributed by atoms with Crippen molar-refractivity contribution in [2.45, 2.75) is 25.9 Å². The van der Waals surface area contributed by atoms with E-state index in [1.807, 2.05) is 36.4 Å². The highest BCUT2D eigenvalue weighted by molar-refractivity contribution is 6.30. The fraction of sp³-hybridized carbons (Fsp3) is 0.296. The minimum atomic E-state index is -1.00. The SMILES string of the molecule is CCCCOc1cc(-c2ccc(OCCNC[C@H](O)c3cccc(Cl)c3)cc2)ccc1C(=O)O.Cl. The van der Waals surface area contributed by atoms with Crippen molar-refractivity contribution in [1.82, 2.24) is 5.32 Å². The molecule has 0 spiro atoms. The van der Waals surface area contributed by atoms with Crippen LogP contribution in [0.1, 0.15) is 41.8 Å². The zero-order valence-corrected chi connectivity index (χ0v) is 21.1. The lowest BCUT2D eigenvalue weighted by atomic mass is 10.0. The van der Waals surface area contributed by atoms with Crippen molar-refractivity contribution in [3.63, 3.8) is 0 Å². The van der Waals surface area contributed by atoms with Gasteiger partial charge in [0.1, 0.15) is 23.7 Å². The molecule has 0 saturated heterocycles. The van der Waals surface area contributed by atoms with Crippen molar-refractivity contribution in [3.8, 4) is 22.6 Å². The van der Waals surface area contributed by atoms with E-state index in [-0.39, 0.29) is 18.0 Å². The minimum absolute atomic E-state index is 0. The number of unbranched alkanes of at least 4 members (excludes halogenated alkanes) is 1. The first-order valence-electron chi connectivity index (χ1n) is 11.4. The lowest BCUT2D eigenvalue weighted by Crippen LogP contribution is -2.26. The number of carboxylic acid groups (broad SMARTS) is 1. The van der Waals surface area contributed by atoms with Gasteiger partial charge in [0.15, 0.2) is 0 Å². The average Bonchev–Trinajstić information content (AvgIpc) is 2.84. The fourth-order valence-corrected chi connectivity index (χ4v) is 3.58. The molecule has 0 aromatic heterocycles. The summed E-state index contributed by atoms with van der Waals surface area (Å²) < 4.78 is 11.5. The van der Waals surface area contributed by atoms with Crippen LogP contribution in [0.2, 0.25) is 5.02 Å². The lowest BCUT2D eigenvalue weighted by molar-refractivity contribution is 0.0692. The normalized spacial score (nSPS) is 11.4. The number of aliphatic hydroxyl groups excluding tert-OH is 1. The third-order valence-electron chi connectivity index (χ3n) is 5.27. The van der Waals surface area contributed by atoms with Crippen molar-refractivity contribution >= 4 is 30.0 Å². The zero-order valence-electron chi connectivity index (χ0n) is 19.6. The number of hydrogen-bond donors (Lipinski definition) is 3. The second-order valence-electron chi connectivity index (χ2n) is 7.87. The monoisotopic (exact) mass is 519 g/mol. The topological polar surface area (TPSA) is 88.0 Å². The number of benzene rings is 3. The molecular weight excluding hydrogens is 489 g/mol. The number of aromatic carboxylic acids is 1. The largest absolute Gasteiger partial charge is 0.493 e. The van der Waals surface area contributed by atoms with Gasteiger partial charge in [0.2, 0.25) is 0 Å². The van der Waals surface area contributed by atoms with Gasteiger partial charge in [0.25, 0.3) is 0 Å². The van der Waals surface area contributed by atoms with Crippen molar-refractivity contribution in [1.29, 1.82) is 0 Å². The molecule has 3 aromatic carbocycles. The van der Waals surface area contributed by atoms with Crippen LogP contribution in [0.4, 0.5) is 0 Å². The molecule has 6 nitrogen and oxygen atoms in total. The summed E-state index contributed by atoms with van der Waals surface area (Å²) >= 11 is 5.96. The molecule has 0 radical (unpaired) electrons. The lowest BCUT2D eigenvalue weighted by Gasteiger charge is -2.13. The molecule has 0 aliphatic rings. The van der Waals surface area contributed by atoms with Crippen LogP contribution in [0, 0.1) is 0 Å². The number of nitrogens with one attached hydrogen (secondary N) is 1. The molecule has 8 heteroatoms. The van der Waals surface area contributed by atoms with Crippen LogP contribution in [0.3, 0.4) is 0 Å². The van der Waals surface area contributed by atoms with Gasteiger partial charge in [-0.1, -0.05) is 55.3 Å². The molecule has 0 unspecified atom stereocenters. The summed E-state index contributed by atoms with van der Waals surface area (Å²) in [6, 6.07) is 19.9. The van der Waals surface area contributed by atoms with Crippen LogP contribution in [-0.2, 0) is 0 Å². The summed E-state index contributed by atoms with van der Waals surface area (Å²) in [6.45, 7) is 3.97. The van der Waals surface area contributed by atoms with Gasteiger partial charge in [0.05, 0.1) is 12.7 Å². The van der Waals surface area contributed by atoms with Gasteiger partial charge in [-0.3, -0.25) is 0 Å². The predicted molar refractivity (Wildman–Crippen MR) is 141 cm³/mol. The van der Waals surface area contributed by atoms with E-state index in [2.05, 4.69) is 12.2 Å². The molecule has 188 valence electrons. The van der Waals surface area contributed by atoms with Gasteiger partial charge in [-0.25, -0.2) is 4.79 Å². The Morgan fingerprint density at radius 3 is 2.43 bits per heavy atom. The zero-order chi connectivity index (χ0) is 24.3. The Hall–Kier alpha value is -2.77. The molecule has 0 saturated carbocycles. The minimum Gasteiger partial charge on any atom is -0.493 e. The second-order valence-corrected chi connectivity index (χ2v) is 8.30. The average molecular weight is 520 g/mol. The number of ether oxygens (including phenoxy) is 2. The van der Waals surface area contributed by atoms with E-state index < -0.39 is 12.1 Å². The standard InChI is InChI=1S/C27H30ClNO5.ClH/c1-2-3-14-34-26-17-20(9-12-24(26)27(31)32)19-7-10-23(11-8-19)33-15-13-29-18-25(30)21-5-4-6-22(28)16-21;/h4-12,16-17,25,29-30H,2-3,13-15,18H2,1H3,(H,31,32);1H/t25-;/m0./s1. The van der Waals surface area contributed by atoms with Crippen LogP contribution < -0.4 is 14.8 Å². The molecule has 0 aliphatic carbocycles. The van der Waals surface area contributed by atoms with E-state index in [9.17, 15) is 15.0 Å². The van der Waals surface area contributed by atoms with Gasteiger partial charge in [-0.05, 0) is 59.5 Å². The van der Waals surface area contributed by atoms with E-state index in [0.717, 1.165) is 35.3 Å². The third-order valence-corrected chi connectivity index (χ3v) is 5.51. The molecular formula is C27H31Cl2NO5. The van der Waals surface area contributed by atoms with Gasteiger partial charge in [-0.15, -0.1) is 12.4 Å². The molecule has 0 aliphatic heterocycles. The summed E-state index contributed by atoms with van der Waals surface area (Å²) in [6.07, 6.45) is 1.20. The van der Waals surface area contributed by atoms with Crippen LogP contribution in [0.25, 0.3) is 11.1 Å². The summed E-state index contributed by atoms with van der Waals surface area (Å²) in [5.41, 5.74) is 2.74. The second kappa shape index (κ2) is 14.6. The van der Waals surface area contributed by atoms with E-state index in [1.165, 1.54) is 0 Å². The first-order valence-corrected chi connectivity index (χ1v) is 11.7. The maximum absolute atomic E-state index is 11.5. The third kappa shape index (κ3) is 8.75. The van der Waals surface area contributed by atoms with Crippen molar-refractivity contribution in [3.05, 3.63) is 82.9 Å². The fourth-order valence-electron chi connectivity index (χ4n) is 3.38. The van der Waals surface area contributed by atoms with Crippen molar-refractivity contribution in [2.75, 3.05) is 26.3 Å². The van der Waals surface area contributed by atoms with Gasteiger partial charge in [-0.2, -0.15) is 0 Å². The van der Waals surface area contributed by atoms with Gasteiger partial charge >= 0.3 is 5.97 Å². The maximum Gasteiger partial charge on any atom is 0.339 e. The highest BCUT2D eigenvalue weighted by atomic mass is 35.5. The first kappa shape index (κ1) is 28.5. The van der Waals surface area contributed by atoms with Crippen LogP contribution in [-0.4, -0.2) is 42.5 Å². The quantitative estimate of drug-likeness (QED) is 0.240. The van der Waals surface area contributed by atoms with Gasteiger partial charge in [0, 0.05) is 18.1 Å². The molecule has 0 bridgehead atoms. The Labute approximate surface area is 217 Å². The number of hydrogen-bond acceptors (Lipinski definition) is 5. The highest BCUT2D eigenvalue weighted by Crippen LogP contribution is 2.29. The number of halogens is 2. The summed E-state index contributed by atoms with van der Waals surface area (Å²) in [5, 5.41) is 23.4. The van der Waals surface area contributed by atoms with E-state index in [1.54, 1.807) is 30.3 Å². The number of aliphatic hydroxyl groups is 1. The van der Waals surface area contributed by atoms with Crippen molar-refractivity contribution < 1.29 is 24.5 Å². The molecule has 3 rings (SSSR count). The van der Waals surface area contributed by atoms with E-state index >= 15 is 0 Å². The Bertz CT molecular complexity index is 1080. The summed E-state index contributed by atoms with van der Waals surface area (Å²) in [5.74, 6) is 0.0998. The Morgan fingerprint density at radius 1 is 1.00 bits per heavy atom. The predicted octanol–water partition coefficient (Wildman–Crippen LogP) is 6.01. The first-order chi connectivity index (χ1) is 16.5. The van der Waals surface area contributed by atoms with Crippen LogP contribution in [0.15, 0.2) is 66.7 Å². The number of carbonyl (C=O) groups is 1. The van der Waals surface area contributed by atoms with Crippen LogP contribution >= 0.6 is 24.0 Å². The van der Waals surface area contributed by atoms with Crippen molar-refractivity contribution in [2.24, 2.45) is 0 Å². The molecule has 3 N–H and O–H groups in total. The Balaban J connectivity index is 0.00000432. The van der Waals surface area contributed by atoms with Crippen LogP contribution in [0.5, 0.6) is 11.5 Å². The molecule has 3 aromatic rings. The van der Waals surface area contributed by atoms with E-state index in [4.69, 9.17) is 21.1 Å². The number of carboxylic acids is 1. The molecule has 0 fully saturated rings. The Kier molecular flexibility index (Phi) is 11.9. The van der Waals surface area contributed by atoms with E-state index in [0.29, 0.717) is 37.1 Å². The smallest absolute Gasteiger partial charge is 0.339 e. The maximum atomic E-state index is 11.5. The summed E-state index contributed by atoms with van der Waals surface area (Å²) in [4.78, 5) is 11.5. The Morgan fingerprint density at radius 2 is 1.74 bits per heavy atom. The summed E-state index contributed by atoms with van der Waals surface area (Å²) in [7, 11) is 0. The molecule has 0 heterocycles. The molecule has 35 heavy (non-hydrogen) atoms.